The Balaban J connectivity index is 1.63. The maximum absolute atomic E-state index is 13.0. The van der Waals surface area contributed by atoms with Gasteiger partial charge in [0.05, 0.1) is 18.2 Å². The number of nitrogens with zero attached hydrogens (tertiary/aromatic N) is 2. The van der Waals surface area contributed by atoms with Crippen molar-refractivity contribution >= 4 is 27.7 Å². The lowest BCUT2D eigenvalue weighted by molar-refractivity contribution is -0.137. The van der Waals surface area contributed by atoms with E-state index in [1.54, 1.807) is 19.2 Å². The van der Waals surface area contributed by atoms with Gasteiger partial charge in [-0.2, -0.15) is 0 Å². The van der Waals surface area contributed by atoms with E-state index in [1.807, 2.05) is 16.7 Å². The van der Waals surface area contributed by atoms with Gasteiger partial charge in [0, 0.05) is 37.7 Å². The van der Waals surface area contributed by atoms with Crippen LogP contribution in [0, 0.1) is 5.92 Å². The van der Waals surface area contributed by atoms with Crippen molar-refractivity contribution in [2.45, 2.75) is 39.0 Å². The molecule has 154 valence electrons. The van der Waals surface area contributed by atoms with Crippen molar-refractivity contribution in [3.05, 3.63) is 22.2 Å². The van der Waals surface area contributed by atoms with Crippen LogP contribution in [0.25, 0.3) is 0 Å². The molecule has 0 radical (unpaired) electrons. The molecule has 0 bridgehead atoms. The van der Waals surface area contributed by atoms with E-state index in [0.29, 0.717) is 41.2 Å². The van der Waals surface area contributed by atoms with Crippen molar-refractivity contribution in [1.82, 2.24) is 9.80 Å². The normalized spacial score (nSPS) is 18.1. The summed E-state index contributed by atoms with van der Waals surface area (Å²) in [4.78, 5) is 29.5. The number of hydrogen-bond acceptors (Lipinski definition) is 4. The number of ether oxygens (including phenoxy) is 2. The Morgan fingerprint density at radius 1 is 1.07 bits per heavy atom. The highest BCUT2D eigenvalue weighted by Crippen LogP contribution is 2.37. The molecular formula is C21H29BrN2O4. The standard InChI is InChI=1S/C21H29BrN2O4/c1-3-28-19-17(22)13-16(14-18(19)27-2)21(26)24-11-7-15(8-12-24)20(25)23-9-5-4-6-10-23/h13-15H,3-12H2,1-2H3. The van der Waals surface area contributed by atoms with Crippen LogP contribution in [0.15, 0.2) is 16.6 Å². The zero-order chi connectivity index (χ0) is 20.1. The van der Waals surface area contributed by atoms with Crippen LogP contribution >= 0.6 is 15.9 Å². The predicted molar refractivity (Wildman–Crippen MR) is 111 cm³/mol. The number of methoxy groups -OCH3 is 1. The average Bonchev–Trinajstić information content (AvgIpc) is 2.74. The Morgan fingerprint density at radius 3 is 2.36 bits per heavy atom. The van der Waals surface area contributed by atoms with Crippen molar-refractivity contribution < 1.29 is 19.1 Å². The maximum Gasteiger partial charge on any atom is 0.254 e. The van der Waals surface area contributed by atoms with Crippen LogP contribution in [-0.2, 0) is 4.79 Å². The fourth-order valence-electron chi connectivity index (χ4n) is 4.01. The van der Waals surface area contributed by atoms with Gasteiger partial charge in [-0.3, -0.25) is 9.59 Å². The Morgan fingerprint density at radius 2 is 1.75 bits per heavy atom. The van der Waals surface area contributed by atoms with Crippen LogP contribution in [0.4, 0.5) is 0 Å². The zero-order valence-corrected chi connectivity index (χ0v) is 18.3. The number of likely N-dealkylation sites (tertiary alicyclic amines) is 2. The lowest BCUT2D eigenvalue weighted by Gasteiger charge is -2.35. The van der Waals surface area contributed by atoms with Gasteiger partial charge in [0.25, 0.3) is 5.91 Å². The summed E-state index contributed by atoms with van der Waals surface area (Å²) in [6.07, 6.45) is 4.90. The molecule has 2 aliphatic rings. The van der Waals surface area contributed by atoms with Crippen LogP contribution in [0.2, 0.25) is 0 Å². The van der Waals surface area contributed by atoms with E-state index in [-0.39, 0.29) is 17.7 Å². The number of carbonyl (C=O) groups is 2. The van der Waals surface area contributed by atoms with Crippen LogP contribution < -0.4 is 9.47 Å². The fourth-order valence-corrected chi connectivity index (χ4v) is 4.57. The second kappa shape index (κ2) is 9.63. The molecule has 0 N–H and O–H groups in total. The minimum Gasteiger partial charge on any atom is -0.493 e. The first-order chi connectivity index (χ1) is 13.5. The number of piperidine rings is 2. The summed E-state index contributed by atoms with van der Waals surface area (Å²) in [6, 6.07) is 3.50. The Bertz CT molecular complexity index is 711. The number of rotatable bonds is 5. The van der Waals surface area contributed by atoms with E-state index in [4.69, 9.17) is 9.47 Å². The Hall–Kier alpha value is -1.76. The smallest absolute Gasteiger partial charge is 0.254 e. The molecule has 2 heterocycles. The zero-order valence-electron chi connectivity index (χ0n) is 16.7. The molecule has 2 aliphatic heterocycles. The molecule has 6 nitrogen and oxygen atoms in total. The molecule has 0 unspecified atom stereocenters. The van der Waals surface area contributed by atoms with Crippen molar-refractivity contribution in [2.75, 3.05) is 39.9 Å². The number of amides is 2. The number of carbonyl (C=O) groups excluding carboxylic acids is 2. The minimum atomic E-state index is -0.0362. The van der Waals surface area contributed by atoms with Gasteiger partial charge in [0.2, 0.25) is 5.91 Å². The van der Waals surface area contributed by atoms with Crippen molar-refractivity contribution in [3.63, 3.8) is 0 Å². The lowest BCUT2D eigenvalue weighted by Crippen LogP contribution is -2.45. The van der Waals surface area contributed by atoms with Crippen molar-refractivity contribution in [2.24, 2.45) is 5.92 Å². The molecule has 1 aromatic carbocycles. The number of benzene rings is 1. The highest BCUT2D eigenvalue weighted by Gasteiger charge is 2.31. The van der Waals surface area contributed by atoms with Crippen molar-refractivity contribution in [1.29, 1.82) is 0 Å². The van der Waals surface area contributed by atoms with Gasteiger partial charge in [0.1, 0.15) is 0 Å². The molecule has 0 aromatic heterocycles. The molecule has 1 aromatic rings. The summed E-state index contributed by atoms with van der Waals surface area (Å²) in [5.74, 6) is 1.43. The first kappa shape index (κ1) is 21.0. The first-order valence-corrected chi connectivity index (χ1v) is 10.9. The van der Waals surface area contributed by atoms with E-state index in [2.05, 4.69) is 15.9 Å². The summed E-state index contributed by atoms with van der Waals surface area (Å²) in [5.41, 5.74) is 0.563. The average molecular weight is 453 g/mol. The topological polar surface area (TPSA) is 59.1 Å². The Kier molecular flexibility index (Phi) is 7.21. The highest BCUT2D eigenvalue weighted by molar-refractivity contribution is 9.10. The van der Waals surface area contributed by atoms with Gasteiger partial charge in [-0.1, -0.05) is 0 Å². The molecule has 0 spiro atoms. The molecular weight excluding hydrogens is 424 g/mol. The number of hydrogen-bond donors (Lipinski definition) is 0. The second-order valence-electron chi connectivity index (χ2n) is 7.37. The maximum atomic E-state index is 13.0. The van der Waals surface area contributed by atoms with Crippen LogP contribution in [0.1, 0.15) is 49.4 Å². The summed E-state index contributed by atoms with van der Waals surface area (Å²) in [7, 11) is 1.57. The quantitative estimate of drug-likeness (QED) is 0.682. The van der Waals surface area contributed by atoms with Gasteiger partial charge in [-0.25, -0.2) is 0 Å². The third-order valence-electron chi connectivity index (χ3n) is 5.56. The van der Waals surface area contributed by atoms with Crippen LogP contribution in [0.3, 0.4) is 0 Å². The van der Waals surface area contributed by atoms with E-state index < -0.39 is 0 Å². The molecule has 0 saturated carbocycles. The largest absolute Gasteiger partial charge is 0.493 e. The van der Waals surface area contributed by atoms with Gasteiger partial charge in [-0.15, -0.1) is 0 Å². The van der Waals surface area contributed by atoms with E-state index >= 15 is 0 Å². The van der Waals surface area contributed by atoms with Crippen molar-refractivity contribution in [3.8, 4) is 11.5 Å². The number of halogens is 1. The van der Waals surface area contributed by atoms with Crippen LogP contribution in [-0.4, -0.2) is 61.5 Å². The summed E-state index contributed by atoms with van der Waals surface area (Å²) in [5, 5.41) is 0. The molecule has 2 fully saturated rings. The predicted octanol–water partition coefficient (Wildman–Crippen LogP) is 3.72. The molecule has 7 heteroatoms. The van der Waals surface area contributed by atoms with Crippen LogP contribution in [0.5, 0.6) is 11.5 Å². The van der Waals surface area contributed by atoms with Gasteiger partial charge >= 0.3 is 0 Å². The van der Waals surface area contributed by atoms with Gasteiger partial charge < -0.3 is 19.3 Å². The third-order valence-corrected chi connectivity index (χ3v) is 6.15. The molecule has 2 saturated heterocycles. The van der Waals surface area contributed by atoms with Gasteiger partial charge in [-0.05, 0) is 67.1 Å². The monoisotopic (exact) mass is 452 g/mol. The SMILES string of the molecule is CCOc1c(Br)cc(C(=O)N2CCC(C(=O)N3CCCCC3)CC2)cc1OC. The van der Waals surface area contributed by atoms with Gasteiger partial charge in [0.15, 0.2) is 11.5 Å². The molecule has 3 rings (SSSR count). The highest BCUT2D eigenvalue weighted by atomic mass is 79.9. The molecule has 28 heavy (non-hydrogen) atoms. The van der Waals surface area contributed by atoms with E-state index in [1.165, 1.54) is 6.42 Å². The summed E-state index contributed by atoms with van der Waals surface area (Å²) < 4.78 is 11.7. The fraction of sp³-hybridized carbons (Fsp3) is 0.619. The summed E-state index contributed by atoms with van der Waals surface area (Å²) >= 11 is 3.48. The van der Waals surface area contributed by atoms with E-state index in [0.717, 1.165) is 38.8 Å². The first-order valence-electron chi connectivity index (χ1n) is 10.1. The Labute approximate surface area is 175 Å². The second-order valence-corrected chi connectivity index (χ2v) is 8.23. The van der Waals surface area contributed by atoms with E-state index in [9.17, 15) is 9.59 Å². The molecule has 0 atom stereocenters. The third kappa shape index (κ3) is 4.62. The minimum absolute atomic E-state index is 0.0362. The summed E-state index contributed by atoms with van der Waals surface area (Å²) in [6.45, 7) is 5.41. The molecule has 2 amide bonds. The molecule has 0 aliphatic carbocycles. The lowest BCUT2D eigenvalue weighted by atomic mass is 9.94.